The molecule has 3 nitrogen and oxygen atoms in total. The molecule has 0 N–H and O–H groups in total. The maximum atomic E-state index is 13.2. The maximum Gasteiger partial charge on any atom is 0.250 e. The fourth-order valence-electron chi connectivity index (χ4n) is 4.94. The Bertz CT molecular complexity index is 725. The zero-order valence-electron chi connectivity index (χ0n) is 17.6. The second kappa shape index (κ2) is 8.22. The predicted octanol–water partition coefficient (Wildman–Crippen LogP) is 6.15. The summed E-state index contributed by atoms with van der Waals surface area (Å²) in [5.41, 5.74) is 3.38. The second-order valence-corrected chi connectivity index (χ2v) is 12.8. The third-order valence-corrected chi connectivity index (χ3v) is 11.6. The van der Waals surface area contributed by atoms with E-state index in [2.05, 4.69) is 27.7 Å². The number of allylic oxidation sites excluding steroid dienone is 2. The van der Waals surface area contributed by atoms with Gasteiger partial charge in [-0.25, -0.2) is 0 Å². The number of hydrogen-bond donors (Lipinski definition) is 0. The van der Waals surface area contributed by atoms with Gasteiger partial charge in [-0.3, -0.25) is 4.79 Å². The first-order valence-electron chi connectivity index (χ1n) is 10.6. The number of aryl methyl sites for hydroxylation is 1. The fourth-order valence-corrected chi connectivity index (χ4v) is 7.66. The van der Waals surface area contributed by atoms with E-state index in [4.69, 9.17) is 9.16 Å². The van der Waals surface area contributed by atoms with E-state index in [1.807, 2.05) is 18.2 Å². The molecule has 3 rings (SSSR count). The molecule has 0 heterocycles. The lowest BCUT2D eigenvalue weighted by atomic mass is 9.74. The highest BCUT2D eigenvalue weighted by molar-refractivity contribution is 6.73. The van der Waals surface area contributed by atoms with E-state index in [0.717, 1.165) is 42.6 Å². The molecule has 2 unspecified atom stereocenters. The van der Waals surface area contributed by atoms with E-state index in [9.17, 15) is 4.79 Å². The summed E-state index contributed by atoms with van der Waals surface area (Å²) < 4.78 is 12.0. The molecule has 1 aromatic rings. The summed E-state index contributed by atoms with van der Waals surface area (Å²) >= 11 is 0. The molecule has 0 aliphatic heterocycles. The average Bonchev–Trinajstić information content (AvgIpc) is 3.06. The van der Waals surface area contributed by atoms with Crippen LogP contribution in [0.4, 0.5) is 0 Å². The van der Waals surface area contributed by atoms with Gasteiger partial charge >= 0.3 is 0 Å². The van der Waals surface area contributed by atoms with Crippen LogP contribution in [0.3, 0.4) is 0 Å². The van der Waals surface area contributed by atoms with Crippen molar-refractivity contribution < 1.29 is 14.0 Å². The van der Waals surface area contributed by atoms with Crippen molar-refractivity contribution in [3.63, 3.8) is 0 Å². The number of rotatable bonds is 7. The molecule has 2 atom stereocenters. The van der Waals surface area contributed by atoms with E-state index < -0.39 is 8.32 Å². The fraction of sp³-hybridized carbons (Fsp3) is 0.609. The van der Waals surface area contributed by atoms with Gasteiger partial charge in [0.15, 0.2) is 5.78 Å². The first-order chi connectivity index (χ1) is 13.0. The number of hydrogen-bond acceptors (Lipinski definition) is 3. The van der Waals surface area contributed by atoms with Gasteiger partial charge in [0.2, 0.25) is 8.32 Å². The van der Waals surface area contributed by atoms with E-state index in [1.165, 1.54) is 29.5 Å². The number of carbonyl (C=O) groups excluding carboxylic acids is 1. The molecular weight excluding hydrogens is 352 g/mol. The number of ketones is 1. The number of methoxy groups -OCH3 is 1. The van der Waals surface area contributed by atoms with Crippen LogP contribution in [0.15, 0.2) is 29.5 Å². The largest absolute Gasteiger partial charge is 0.547 e. The van der Waals surface area contributed by atoms with Crippen LogP contribution < -0.4 is 4.74 Å². The molecule has 0 fully saturated rings. The molecular formula is C23H34O3Si. The molecule has 2 aliphatic carbocycles. The summed E-state index contributed by atoms with van der Waals surface area (Å²) in [4.78, 5) is 13.2. The quantitative estimate of drug-likeness (QED) is 0.528. The average molecular weight is 387 g/mol. The van der Waals surface area contributed by atoms with Crippen molar-refractivity contribution in [2.24, 2.45) is 11.8 Å². The van der Waals surface area contributed by atoms with Crippen LogP contribution in [0.2, 0.25) is 18.1 Å². The van der Waals surface area contributed by atoms with Gasteiger partial charge < -0.3 is 9.16 Å². The Labute approximate surface area is 165 Å². The van der Waals surface area contributed by atoms with Crippen molar-refractivity contribution in [2.45, 2.75) is 71.5 Å². The van der Waals surface area contributed by atoms with Crippen LogP contribution in [0.5, 0.6) is 5.75 Å². The highest BCUT2D eigenvalue weighted by Gasteiger charge is 2.40. The van der Waals surface area contributed by atoms with Gasteiger partial charge in [-0.2, -0.15) is 0 Å². The Hall–Kier alpha value is -1.55. The standard InChI is InChI=1S/C23H34O3Si/c1-6-27(7-2,8-3)26-22-14-13-19(16(22)4)21-11-9-17-15-18(25-5)10-12-20(17)23(21)24/h10,12,15,19,21H,6-9,11,13-14H2,1-5H3. The van der Waals surface area contributed by atoms with Crippen molar-refractivity contribution in [1.29, 1.82) is 0 Å². The number of benzene rings is 1. The van der Waals surface area contributed by atoms with Crippen LogP contribution in [-0.4, -0.2) is 21.2 Å². The first-order valence-corrected chi connectivity index (χ1v) is 13.1. The van der Waals surface area contributed by atoms with Gasteiger partial charge in [0.1, 0.15) is 5.75 Å². The molecule has 2 aliphatic rings. The number of carbonyl (C=O) groups is 1. The van der Waals surface area contributed by atoms with E-state index >= 15 is 0 Å². The summed E-state index contributed by atoms with van der Waals surface area (Å²) in [5.74, 6) is 2.82. The SMILES string of the molecule is CC[Si](CC)(CC)OC1=C(C)C(C2CCc3cc(OC)ccc3C2=O)CC1. The molecule has 0 radical (unpaired) electrons. The van der Waals surface area contributed by atoms with Crippen molar-refractivity contribution in [1.82, 2.24) is 0 Å². The van der Waals surface area contributed by atoms with Crippen LogP contribution in [0.25, 0.3) is 0 Å². The smallest absolute Gasteiger partial charge is 0.250 e. The first kappa shape index (κ1) is 20.2. The Balaban J connectivity index is 1.81. The Morgan fingerprint density at radius 3 is 2.33 bits per heavy atom. The van der Waals surface area contributed by atoms with Crippen LogP contribution in [-0.2, 0) is 10.8 Å². The minimum atomic E-state index is -1.65. The maximum absolute atomic E-state index is 13.2. The van der Waals surface area contributed by atoms with Crippen molar-refractivity contribution in [2.75, 3.05) is 7.11 Å². The van der Waals surface area contributed by atoms with Crippen LogP contribution in [0.1, 0.15) is 62.9 Å². The summed E-state index contributed by atoms with van der Waals surface area (Å²) in [6, 6.07) is 9.39. The molecule has 0 spiro atoms. The predicted molar refractivity (Wildman–Crippen MR) is 113 cm³/mol. The number of fused-ring (bicyclic) bond motifs is 1. The van der Waals surface area contributed by atoms with Gasteiger partial charge in [-0.15, -0.1) is 0 Å². The minimum Gasteiger partial charge on any atom is -0.547 e. The Kier molecular flexibility index (Phi) is 6.14. The topological polar surface area (TPSA) is 35.5 Å². The molecule has 4 heteroatoms. The lowest BCUT2D eigenvalue weighted by molar-refractivity contribution is 0.0863. The van der Waals surface area contributed by atoms with Gasteiger partial charge in [0.25, 0.3) is 0 Å². The lowest BCUT2D eigenvalue weighted by Crippen LogP contribution is -2.35. The van der Waals surface area contributed by atoms with E-state index in [0.29, 0.717) is 11.7 Å². The third kappa shape index (κ3) is 3.73. The zero-order valence-corrected chi connectivity index (χ0v) is 18.6. The molecule has 0 bridgehead atoms. The zero-order chi connectivity index (χ0) is 19.6. The molecule has 0 saturated carbocycles. The van der Waals surface area contributed by atoms with E-state index in [1.54, 1.807) is 7.11 Å². The highest BCUT2D eigenvalue weighted by atomic mass is 28.4. The van der Waals surface area contributed by atoms with Gasteiger partial charge in [-0.05, 0) is 79.6 Å². The molecule has 0 aromatic heterocycles. The normalized spacial score (nSPS) is 22.8. The second-order valence-electron chi connectivity index (χ2n) is 8.13. The Morgan fingerprint density at radius 2 is 1.70 bits per heavy atom. The van der Waals surface area contributed by atoms with Crippen LogP contribution >= 0.6 is 0 Å². The van der Waals surface area contributed by atoms with E-state index in [-0.39, 0.29) is 5.92 Å². The van der Waals surface area contributed by atoms with Crippen LogP contribution in [0, 0.1) is 11.8 Å². The summed E-state index contributed by atoms with van der Waals surface area (Å²) in [6.07, 6.45) is 3.96. The molecule has 1 aromatic carbocycles. The lowest BCUT2D eigenvalue weighted by Gasteiger charge is -2.31. The monoisotopic (exact) mass is 386 g/mol. The summed E-state index contributed by atoms with van der Waals surface area (Å²) in [6.45, 7) is 9.04. The van der Waals surface area contributed by atoms with Gasteiger partial charge in [0.05, 0.1) is 12.9 Å². The Morgan fingerprint density at radius 1 is 1.04 bits per heavy atom. The number of ether oxygens (including phenoxy) is 1. The summed E-state index contributed by atoms with van der Waals surface area (Å²) in [7, 11) is 0.0310. The molecule has 148 valence electrons. The summed E-state index contributed by atoms with van der Waals surface area (Å²) in [5, 5.41) is 0. The van der Waals surface area contributed by atoms with Crippen molar-refractivity contribution >= 4 is 14.1 Å². The van der Waals surface area contributed by atoms with Gasteiger partial charge in [0, 0.05) is 17.9 Å². The number of Topliss-reactive ketones (excluding diaryl/α,β-unsaturated/α-hetero) is 1. The molecule has 0 amide bonds. The molecule has 0 saturated heterocycles. The highest BCUT2D eigenvalue weighted by Crippen LogP contribution is 2.44. The van der Waals surface area contributed by atoms with Crippen molar-refractivity contribution in [3.8, 4) is 5.75 Å². The molecule has 27 heavy (non-hydrogen) atoms. The van der Waals surface area contributed by atoms with Gasteiger partial charge in [-0.1, -0.05) is 20.8 Å². The minimum absolute atomic E-state index is 0.105. The third-order valence-electron chi connectivity index (χ3n) is 7.08. The van der Waals surface area contributed by atoms with Crippen molar-refractivity contribution in [3.05, 3.63) is 40.7 Å².